The molecule has 0 saturated carbocycles. The van der Waals surface area contributed by atoms with Crippen molar-refractivity contribution in [3.05, 3.63) is 58.7 Å². The third-order valence-electron chi connectivity index (χ3n) is 3.56. The Bertz CT molecular complexity index is 693. The van der Waals surface area contributed by atoms with Gasteiger partial charge in [-0.2, -0.15) is 0 Å². The van der Waals surface area contributed by atoms with E-state index in [1.165, 1.54) is 0 Å². The van der Waals surface area contributed by atoms with E-state index in [0.717, 1.165) is 28.9 Å². The van der Waals surface area contributed by atoms with Gasteiger partial charge in [0.2, 0.25) is 0 Å². The summed E-state index contributed by atoms with van der Waals surface area (Å²) in [4.78, 5) is 14.6. The normalized spacial score (nSPS) is 10.8. The molecule has 2 aromatic carbocycles. The van der Waals surface area contributed by atoms with Crippen molar-refractivity contribution in [2.24, 2.45) is 0 Å². The second kappa shape index (κ2) is 6.62. The molecule has 22 heavy (non-hydrogen) atoms. The highest BCUT2D eigenvalue weighted by Gasteiger charge is 2.11. The number of carbonyl (C=O) groups excluding carboxylic acids is 1. The van der Waals surface area contributed by atoms with Crippen LogP contribution in [0.2, 0.25) is 0 Å². The molecule has 0 aromatic heterocycles. The van der Waals surface area contributed by atoms with Crippen LogP contribution in [0.15, 0.2) is 36.4 Å². The smallest absolute Gasteiger partial charge is 0.256 e. The minimum absolute atomic E-state index is 0.130. The van der Waals surface area contributed by atoms with Gasteiger partial charge in [0.1, 0.15) is 0 Å². The lowest BCUT2D eigenvalue weighted by atomic mass is 10.1. The number of anilines is 2. The van der Waals surface area contributed by atoms with Crippen LogP contribution < -0.4 is 11.1 Å². The number of carbonyl (C=O) groups is 1. The standard InChI is InChI=1S/C18H23N3O/c1-12-6-8-15(19)10-16(12)18(22)20-17-9-14(11-21(3)4)7-5-13(17)2/h5-10H,11,19H2,1-4H3,(H,20,22). The maximum atomic E-state index is 12.5. The van der Waals surface area contributed by atoms with Crippen LogP contribution >= 0.6 is 0 Å². The second-order valence-corrected chi connectivity index (χ2v) is 5.92. The minimum Gasteiger partial charge on any atom is -0.399 e. The highest BCUT2D eigenvalue weighted by atomic mass is 16.1. The van der Waals surface area contributed by atoms with Gasteiger partial charge in [-0.3, -0.25) is 4.79 Å². The first-order valence-electron chi connectivity index (χ1n) is 7.28. The molecule has 0 aliphatic carbocycles. The number of aryl methyl sites for hydroxylation is 2. The molecule has 4 nitrogen and oxygen atoms in total. The fourth-order valence-electron chi connectivity index (χ4n) is 2.34. The third kappa shape index (κ3) is 3.86. The summed E-state index contributed by atoms with van der Waals surface area (Å²) in [5.41, 5.74) is 10.9. The van der Waals surface area contributed by atoms with Crippen LogP contribution in [0.4, 0.5) is 11.4 Å². The lowest BCUT2D eigenvalue weighted by Crippen LogP contribution is -2.15. The van der Waals surface area contributed by atoms with E-state index in [9.17, 15) is 4.79 Å². The fourth-order valence-corrected chi connectivity index (χ4v) is 2.34. The molecule has 0 aliphatic heterocycles. The Balaban J connectivity index is 2.26. The summed E-state index contributed by atoms with van der Waals surface area (Å²) in [6, 6.07) is 11.5. The molecule has 3 N–H and O–H groups in total. The Hall–Kier alpha value is -2.33. The Morgan fingerprint density at radius 2 is 1.77 bits per heavy atom. The number of nitrogens with two attached hydrogens (primary N) is 1. The van der Waals surface area contributed by atoms with Crippen molar-refractivity contribution < 1.29 is 4.79 Å². The summed E-state index contributed by atoms with van der Waals surface area (Å²) in [7, 11) is 4.04. The van der Waals surface area contributed by atoms with Crippen LogP contribution in [-0.2, 0) is 6.54 Å². The molecule has 0 aliphatic rings. The number of rotatable bonds is 4. The molecule has 0 saturated heterocycles. The number of amides is 1. The zero-order valence-electron chi connectivity index (χ0n) is 13.6. The van der Waals surface area contributed by atoms with Crippen LogP contribution in [0, 0.1) is 13.8 Å². The maximum Gasteiger partial charge on any atom is 0.256 e. The lowest BCUT2D eigenvalue weighted by molar-refractivity contribution is 0.102. The Morgan fingerprint density at radius 3 is 2.45 bits per heavy atom. The van der Waals surface area contributed by atoms with Crippen molar-refractivity contribution in [3.63, 3.8) is 0 Å². The number of nitrogens with zero attached hydrogens (tertiary/aromatic N) is 1. The van der Waals surface area contributed by atoms with E-state index in [2.05, 4.69) is 16.3 Å². The van der Waals surface area contributed by atoms with Crippen molar-refractivity contribution in [2.45, 2.75) is 20.4 Å². The molecule has 0 spiro atoms. The second-order valence-electron chi connectivity index (χ2n) is 5.92. The first kappa shape index (κ1) is 16.0. The molecule has 4 heteroatoms. The molecule has 0 atom stereocenters. The van der Waals surface area contributed by atoms with Crippen molar-refractivity contribution >= 4 is 17.3 Å². The Labute approximate surface area is 131 Å². The largest absolute Gasteiger partial charge is 0.399 e. The van der Waals surface area contributed by atoms with E-state index in [4.69, 9.17) is 5.73 Å². The third-order valence-corrected chi connectivity index (χ3v) is 3.56. The van der Waals surface area contributed by atoms with E-state index in [1.807, 2.05) is 46.1 Å². The SMILES string of the molecule is Cc1ccc(CN(C)C)cc1NC(=O)c1cc(N)ccc1C. The van der Waals surface area contributed by atoms with Gasteiger partial charge in [0.05, 0.1) is 0 Å². The number of hydrogen-bond donors (Lipinski definition) is 2. The molecular formula is C18H23N3O. The van der Waals surface area contributed by atoms with Gasteiger partial charge >= 0.3 is 0 Å². The topological polar surface area (TPSA) is 58.4 Å². The van der Waals surface area contributed by atoms with Gasteiger partial charge in [0.25, 0.3) is 5.91 Å². The predicted molar refractivity (Wildman–Crippen MR) is 92.1 cm³/mol. The molecule has 116 valence electrons. The zero-order chi connectivity index (χ0) is 16.3. The van der Waals surface area contributed by atoms with E-state index >= 15 is 0 Å². The molecule has 1 amide bonds. The zero-order valence-corrected chi connectivity index (χ0v) is 13.6. The number of hydrogen-bond acceptors (Lipinski definition) is 3. The van der Waals surface area contributed by atoms with Crippen molar-refractivity contribution in [1.29, 1.82) is 0 Å². The van der Waals surface area contributed by atoms with Crippen molar-refractivity contribution in [2.75, 3.05) is 25.1 Å². The predicted octanol–water partition coefficient (Wildman–Crippen LogP) is 3.20. The summed E-state index contributed by atoms with van der Waals surface area (Å²) in [6.45, 7) is 4.73. The average Bonchev–Trinajstić information content (AvgIpc) is 2.44. The summed E-state index contributed by atoms with van der Waals surface area (Å²) in [6.07, 6.45) is 0. The van der Waals surface area contributed by atoms with E-state index in [1.54, 1.807) is 12.1 Å². The van der Waals surface area contributed by atoms with Crippen LogP contribution in [0.5, 0.6) is 0 Å². The van der Waals surface area contributed by atoms with Gasteiger partial charge in [0.15, 0.2) is 0 Å². The molecule has 0 unspecified atom stereocenters. The Morgan fingerprint density at radius 1 is 1.09 bits per heavy atom. The van der Waals surface area contributed by atoms with E-state index < -0.39 is 0 Å². The summed E-state index contributed by atoms with van der Waals surface area (Å²) in [5, 5.41) is 3.00. The maximum absolute atomic E-state index is 12.5. The van der Waals surface area contributed by atoms with Gasteiger partial charge in [-0.25, -0.2) is 0 Å². The monoisotopic (exact) mass is 297 g/mol. The molecule has 0 heterocycles. The first-order valence-corrected chi connectivity index (χ1v) is 7.28. The van der Waals surface area contributed by atoms with Crippen LogP contribution in [0.1, 0.15) is 27.0 Å². The van der Waals surface area contributed by atoms with Crippen LogP contribution in [0.3, 0.4) is 0 Å². The number of nitrogen functional groups attached to an aromatic ring is 1. The number of benzene rings is 2. The van der Waals surface area contributed by atoms with Gasteiger partial charge in [-0.15, -0.1) is 0 Å². The molecule has 0 fully saturated rings. The van der Waals surface area contributed by atoms with Gasteiger partial charge in [0, 0.05) is 23.5 Å². The van der Waals surface area contributed by atoms with E-state index in [0.29, 0.717) is 11.3 Å². The highest BCUT2D eigenvalue weighted by Crippen LogP contribution is 2.20. The minimum atomic E-state index is -0.130. The van der Waals surface area contributed by atoms with Crippen LogP contribution in [0.25, 0.3) is 0 Å². The molecule has 0 radical (unpaired) electrons. The average molecular weight is 297 g/mol. The van der Waals surface area contributed by atoms with Gasteiger partial charge in [-0.05, 0) is 62.8 Å². The summed E-state index contributed by atoms with van der Waals surface area (Å²) < 4.78 is 0. The Kier molecular flexibility index (Phi) is 4.83. The van der Waals surface area contributed by atoms with E-state index in [-0.39, 0.29) is 5.91 Å². The summed E-state index contributed by atoms with van der Waals surface area (Å²) >= 11 is 0. The molecule has 0 bridgehead atoms. The quantitative estimate of drug-likeness (QED) is 0.852. The molecule has 2 rings (SSSR count). The first-order chi connectivity index (χ1) is 10.4. The lowest BCUT2D eigenvalue weighted by Gasteiger charge is -2.14. The van der Waals surface area contributed by atoms with Crippen LogP contribution in [-0.4, -0.2) is 24.9 Å². The van der Waals surface area contributed by atoms with Crippen molar-refractivity contribution in [3.8, 4) is 0 Å². The fraction of sp³-hybridized carbons (Fsp3) is 0.278. The van der Waals surface area contributed by atoms with Gasteiger partial charge in [-0.1, -0.05) is 18.2 Å². The number of nitrogens with one attached hydrogen (secondary N) is 1. The van der Waals surface area contributed by atoms with Crippen molar-refractivity contribution in [1.82, 2.24) is 4.90 Å². The summed E-state index contributed by atoms with van der Waals surface area (Å²) in [5.74, 6) is -0.130. The van der Waals surface area contributed by atoms with Gasteiger partial charge < -0.3 is 16.0 Å². The highest BCUT2D eigenvalue weighted by molar-refractivity contribution is 6.06. The molecule has 2 aromatic rings. The molecular weight excluding hydrogens is 274 g/mol.